The smallest absolute Gasteiger partial charge is 0.388 e. The second-order valence-corrected chi connectivity index (χ2v) is 4.70. The number of alkyl halides is 2. The number of nitrogens with one attached hydrogen (secondary N) is 1. The summed E-state index contributed by atoms with van der Waals surface area (Å²) in [6.45, 7) is -2.92. The largest absolute Gasteiger partial charge is 0.417 e. The molecule has 0 spiro atoms. The van der Waals surface area contributed by atoms with Crippen LogP contribution in [0.2, 0.25) is 5.28 Å². The van der Waals surface area contributed by atoms with Crippen molar-refractivity contribution in [2.75, 3.05) is 5.32 Å². The van der Waals surface area contributed by atoms with E-state index in [0.717, 1.165) is 0 Å². The average molecular weight is 399 g/mol. The Kier molecular flexibility index (Phi) is 4.64. The monoisotopic (exact) mass is 398 g/mol. The highest BCUT2D eigenvalue weighted by molar-refractivity contribution is 14.1. The third kappa shape index (κ3) is 4.10. The number of ether oxygens (including phenoxy) is 1. The number of pyridine rings is 1. The van der Waals surface area contributed by atoms with Crippen LogP contribution in [0.25, 0.3) is 0 Å². The first-order valence-electron chi connectivity index (χ1n) is 4.91. The van der Waals surface area contributed by atoms with Gasteiger partial charge in [0.05, 0.1) is 3.57 Å². The predicted molar refractivity (Wildman–Crippen MR) is 73.9 cm³/mol. The maximum atomic E-state index is 12.1. The molecule has 0 aromatic carbocycles. The molecular weight excluding hydrogens is 392 g/mol. The van der Waals surface area contributed by atoms with Crippen LogP contribution < -0.4 is 10.1 Å². The molecule has 9 heteroatoms. The standard InChI is InChI=1S/C10H6ClF2IN4O/c11-9-15-4-5(14)8(18-9)17-6-2-1-3-7(16-6)19-10(12)13/h1-4,10H,(H,15,16,17,18). The third-order valence-electron chi connectivity index (χ3n) is 1.89. The Morgan fingerprint density at radius 2 is 2.11 bits per heavy atom. The molecule has 0 bridgehead atoms. The van der Waals surface area contributed by atoms with Gasteiger partial charge in [-0.2, -0.15) is 18.7 Å². The maximum Gasteiger partial charge on any atom is 0.388 e. The minimum atomic E-state index is -2.92. The molecule has 0 atom stereocenters. The Balaban J connectivity index is 2.21. The van der Waals surface area contributed by atoms with Crippen molar-refractivity contribution in [3.8, 4) is 5.88 Å². The molecule has 0 amide bonds. The fourth-order valence-electron chi connectivity index (χ4n) is 1.20. The molecule has 0 aliphatic carbocycles. The summed E-state index contributed by atoms with van der Waals surface area (Å²) in [6, 6.07) is 4.45. The second-order valence-electron chi connectivity index (χ2n) is 3.20. The lowest BCUT2D eigenvalue weighted by Gasteiger charge is -2.08. The Morgan fingerprint density at radius 3 is 2.84 bits per heavy atom. The van der Waals surface area contributed by atoms with Crippen molar-refractivity contribution >= 4 is 45.8 Å². The van der Waals surface area contributed by atoms with E-state index in [1.165, 1.54) is 18.3 Å². The lowest BCUT2D eigenvalue weighted by Crippen LogP contribution is -2.05. The molecule has 19 heavy (non-hydrogen) atoms. The van der Waals surface area contributed by atoms with Crippen molar-refractivity contribution in [2.45, 2.75) is 6.61 Å². The average Bonchev–Trinajstić information content (AvgIpc) is 2.33. The van der Waals surface area contributed by atoms with E-state index in [0.29, 0.717) is 15.2 Å². The highest BCUT2D eigenvalue weighted by Gasteiger charge is 2.08. The summed E-state index contributed by atoms with van der Waals surface area (Å²) >= 11 is 7.68. The summed E-state index contributed by atoms with van der Waals surface area (Å²) in [7, 11) is 0. The van der Waals surface area contributed by atoms with Gasteiger partial charge in [-0.05, 0) is 40.3 Å². The van der Waals surface area contributed by atoms with Gasteiger partial charge in [-0.25, -0.2) is 4.98 Å². The first kappa shape index (κ1) is 14.1. The molecule has 2 heterocycles. The summed E-state index contributed by atoms with van der Waals surface area (Å²) in [4.78, 5) is 11.6. The van der Waals surface area contributed by atoms with E-state index in [1.54, 1.807) is 6.07 Å². The summed E-state index contributed by atoms with van der Waals surface area (Å²) < 4.78 is 29.1. The maximum absolute atomic E-state index is 12.1. The lowest BCUT2D eigenvalue weighted by atomic mass is 10.4. The van der Waals surface area contributed by atoms with Crippen molar-refractivity contribution in [1.82, 2.24) is 15.0 Å². The van der Waals surface area contributed by atoms with Gasteiger partial charge in [-0.15, -0.1) is 0 Å². The summed E-state index contributed by atoms with van der Waals surface area (Å²) in [6.07, 6.45) is 1.53. The molecule has 0 aliphatic rings. The fraction of sp³-hybridized carbons (Fsp3) is 0.100. The van der Waals surface area contributed by atoms with E-state index in [1.807, 2.05) is 22.6 Å². The van der Waals surface area contributed by atoms with E-state index in [9.17, 15) is 8.78 Å². The van der Waals surface area contributed by atoms with Gasteiger partial charge in [0.15, 0.2) is 0 Å². The third-order valence-corrected chi connectivity index (χ3v) is 2.87. The lowest BCUT2D eigenvalue weighted by molar-refractivity contribution is -0.0527. The van der Waals surface area contributed by atoms with E-state index >= 15 is 0 Å². The van der Waals surface area contributed by atoms with Crippen LogP contribution in [0.3, 0.4) is 0 Å². The van der Waals surface area contributed by atoms with E-state index in [4.69, 9.17) is 11.6 Å². The molecule has 2 aromatic rings. The number of aromatic nitrogens is 3. The van der Waals surface area contributed by atoms with Gasteiger partial charge < -0.3 is 10.1 Å². The molecule has 0 radical (unpaired) electrons. The second kappa shape index (κ2) is 6.24. The minimum absolute atomic E-state index is 0.0721. The molecule has 0 aliphatic heterocycles. The Labute approximate surface area is 125 Å². The van der Waals surface area contributed by atoms with Gasteiger partial charge in [0.25, 0.3) is 0 Å². The molecule has 0 saturated heterocycles. The van der Waals surface area contributed by atoms with Crippen LogP contribution in [0.1, 0.15) is 0 Å². The van der Waals surface area contributed by atoms with Crippen LogP contribution in [-0.4, -0.2) is 21.6 Å². The number of anilines is 2. The molecule has 100 valence electrons. The summed E-state index contributed by atoms with van der Waals surface area (Å²) in [5, 5.41) is 2.92. The van der Waals surface area contributed by atoms with Gasteiger partial charge >= 0.3 is 6.61 Å². The van der Waals surface area contributed by atoms with Gasteiger partial charge in [0, 0.05) is 12.3 Å². The zero-order valence-electron chi connectivity index (χ0n) is 9.15. The molecule has 0 fully saturated rings. The Morgan fingerprint density at radius 1 is 1.32 bits per heavy atom. The van der Waals surface area contributed by atoms with Gasteiger partial charge in [0.1, 0.15) is 11.6 Å². The van der Waals surface area contributed by atoms with Gasteiger partial charge in [-0.1, -0.05) is 6.07 Å². The molecule has 1 N–H and O–H groups in total. The minimum Gasteiger partial charge on any atom is -0.417 e. The summed E-state index contributed by atoms with van der Waals surface area (Å²) in [5.74, 6) is 0.559. The zero-order chi connectivity index (χ0) is 13.8. The molecule has 5 nitrogen and oxygen atoms in total. The van der Waals surface area contributed by atoms with Crippen LogP contribution >= 0.6 is 34.2 Å². The fourth-order valence-corrected chi connectivity index (χ4v) is 1.72. The van der Waals surface area contributed by atoms with Crippen LogP contribution in [0, 0.1) is 3.57 Å². The van der Waals surface area contributed by atoms with Gasteiger partial charge in [-0.3, -0.25) is 0 Å². The molecular formula is C10H6ClF2IN4O. The summed E-state index contributed by atoms with van der Waals surface area (Å²) in [5.41, 5.74) is 0. The Bertz CT molecular complexity index is 587. The van der Waals surface area contributed by atoms with Crippen LogP contribution in [-0.2, 0) is 0 Å². The van der Waals surface area contributed by atoms with Crippen molar-refractivity contribution in [2.24, 2.45) is 0 Å². The highest BCUT2D eigenvalue weighted by atomic mass is 127. The van der Waals surface area contributed by atoms with Crippen LogP contribution in [0.15, 0.2) is 24.4 Å². The van der Waals surface area contributed by atoms with Crippen LogP contribution in [0.5, 0.6) is 5.88 Å². The van der Waals surface area contributed by atoms with E-state index in [2.05, 4.69) is 25.0 Å². The molecule has 2 aromatic heterocycles. The quantitative estimate of drug-likeness (QED) is 0.631. The van der Waals surface area contributed by atoms with Crippen molar-refractivity contribution in [3.05, 3.63) is 33.2 Å². The highest BCUT2D eigenvalue weighted by Crippen LogP contribution is 2.21. The number of hydrogen-bond acceptors (Lipinski definition) is 5. The van der Waals surface area contributed by atoms with Crippen molar-refractivity contribution in [3.63, 3.8) is 0 Å². The molecule has 2 rings (SSSR count). The van der Waals surface area contributed by atoms with Crippen molar-refractivity contribution in [1.29, 1.82) is 0 Å². The van der Waals surface area contributed by atoms with Crippen molar-refractivity contribution < 1.29 is 13.5 Å². The zero-order valence-corrected chi connectivity index (χ0v) is 12.1. The topological polar surface area (TPSA) is 59.9 Å². The molecule has 0 saturated carbocycles. The predicted octanol–water partition coefficient (Wildman–Crippen LogP) is 3.47. The number of hydrogen-bond donors (Lipinski definition) is 1. The van der Waals surface area contributed by atoms with E-state index < -0.39 is 6.61 Å². The first-order valence-corrected chi connectivity index (χ1v) is 6.37. The Hall–Kier alpha value is -1.29. The normalized spacial score (nSPS) is 10.6. The van der Waals surface area contributed by atoms with Crippen LogP contribution in [0.4, 0.5) is 20.4 Å². The van der Waals surface area contributed by atoms with Gasteiger partial charge in [0.2, 0.25) is 11.2 Å². The number of rotatable bonds is 4. The number of halogens is 4. The number of nitrogens with zero attached hydrogens (tertiary/aromatic N) is 3. The first-order chi connectivity index (χ1) is 9.04. The molecule has 0 unspecified atom stereocenters. The van der Waals surface area contributed by atoms with E-state index in [-0.39, 0.29) is 11.2 Å². The SMILES string of the molecule is FC(F)Oc1cccc(Nc2nc(Cl)ncc2I)n1.